The molecule has 1 nitrogen and oxygen atoms in total. The maximum Gasteiger partial charge on any atom is 0.229 e. The van der Waals surface area contributed by atoms with Crippen LogP contribution < -0.4 is 0 Å². The lowest BCUT2D eigenvalue weighted by Crippen LogP contribution is -2.36. The van der Waals surface area contributed by atoms with Gasteiger partial charge in [0.1, 0.15) is 0 Å². The Morgan fingerprint density at radius 3 is 0.897 bits per heavy atom. The maximum atomic E-state index is 6.20. The third-order valence-corrected chi connectivity index (χ3v) is 8.63. The van der Waals surface area contributed by atoms with Crippen LogP contribution in [0.15, 0.2) is 121 Å². The van der Waals surface area contributed by atoms with Crippen molar-refractivity contribution in [1.82, 2.24) is 0 Å². The zero-order valence-electron chi connectivity index (χ0n) is 16.1. The zero-order chi connectivity index (χ0) is 19.9. The fourth-order valence-corrected chi connectivity index (χ4v) is 7.27. The van der Waals surface area contributed by atoms with E-state index in [0.29, 0.717) is 0 Å². The Balaban J connectivity index is 1.88. The van der Waals surface area contributed by atoms with E-state index in [9.17, 15) is 0 Å². The summed E-state index contributed by atoms with van der Waals surface area (Å²) in [5.41, 5.74) is 5.46. The average molecular weight is 407 g/mol. The maximum absolute atomic E-state index is 6.20. The van der Waals surface area contributed by atoms with Gasteiger partial charge in [-0.25, -0.2) is 0 Å². The van der Waals surface area contributed by atoms with Crippen LogP contribution in [0.5, 0.6) is 0 Å². The average Bonchev–Trinajstić information content (AvgIpc) is 2.81. The Labute approximate surface area is 178 Å². The number of hydrogen-bond donors (Lipinski definition) is 0. The summed E-state index contributed by atoms with van der Waals surface area (Å²) in [5, 5.41) is 0. The van der Waals surface area contributed by atoms with Gasteiger partial charge in [-0.1, -0.05) is 121 Å². The first-order valence-corrected chi connectivity index (χ1v) is 11.8. The van der Waals surface area contributed by atoms with Crippen molar-refractivity contribution in [2.24, 2.45) is 0 Å². The van der Waals surface area contributed by atoms with Crippen molar-refractivity contribution in [2.45, 2.75) is 11.1 Å². The highest BCUT2D eigenvalue weighted by atomic mass is 28.3. The standard InChI is InChI=1S/C26H22OSi2/c28-27-29(25(21-13-5-1-6-14-21)22-15-7-2-8-16-22)26(23-17-9-3-10-18-23)24-19-11-4-12-20-24/h1-20,25-26H. The van der Waals surface area contributed by atoms with Gasteiger partial charge in [0, 0.05) is 11.1 Å². The highest BCUT2D eigenvalue weighted by Gasteiger charge is 2.36. The van der Waals surface area contributed by atoms with Crippen molar-refractivity contribution in [3.63, 3.8) is 0 Å². The van der Waals surface area contributed by atoms with Crippen LogP contribution in [0.3, 0.4) is 0 Å². The Bertz CT molecular complexity index is 830. The SMILES string of the molecule is [Si]O[Si](C(c1ccccc1)c1ccccc1)C(c1ccccc1)c1ccccc1. The van der Waals surface area contributed by atoms with Gasteiger partial charge in [0.25, 0.3) is 0 Å². The molecule has 0 aliphatic rings. The van der Waals surface area contributed by atoms with Gasteiger partial charge >= 0.3 is 0 Å². The van der Waals surface area contributed by atoms with E-state index in [1.807, 2.05) is 0 Å². The van der Waals surface area contributed by atoms with Gasteiger partial charge in [-0.15, -0.1) is 0 Å². The second kappa shape index (κ2) is 9.65. The van der Waals surface area contributed by atoms with Gasteiger partial charge in [0.2, 0.25) is 19.5 Å². The van der Waals surface area contributed by atoms with Crippen molar-refractivity contribution in [3.05, 3.63) is 144 Å². The molecule has 0 aromatic heterocycles. The van der Waals surface area contributed by atoms with E-state index in [0.717, 1.165) is 0 Å². The number of rotatable bonds is 7. The number of hydrogen-bond acceptors (Lipinski definition) is 1. The zero-order valence-corrected chi connectivity index (χ0v) is 18.1. The van der Waals surface area contributed by atoms with Gasteiger partial charge in [-0.3, -0.25) is 0 Å². The van der Waals surface area contributed by atoms with E-state index in [1.165, 1.54) is 22.3 Å². The summed E-state index contributed by atoms with van der Waals surface area (Å²) in [6.07, 6.45) is 0. The third-order valence-electron chi connectivity index (χ3n) is 5.22. The van der Waals surface area contributed by atoms with E-state index < -0.39 is 9.04 Å². The quantitative estimate of drug-likeness (QED) is 0.351. The van der Waals surface area contributed by atoms with Gasteiger partial charge in [0.15, 0.2) is 0 Å². The second-order valence-electron chi connectivity index (χ2n) is 7.01. The summed E-state index contributed by atoms with van der Waals surface area (Å²) in [6.45, 7) is 0. The van der Waals surface area contributed by atoms with Crippen LogP contribution >= 0.6 is 0 Å². The fourth-order valence-electron chi connectivity index (χ4n) is 3.91. The molecule has 4 rings (SSSR count). The largest absolute Gasteiger partial charge is 0.456 e. The van der Waals surface area contributed by atoms with Crippen molar-refractivity contribution < 1.29 is 4.12 Å². The molecule has 3 heteroatoms. The molecule has 0 heterocycles. The first kappa shape index (κ1) is 19.6. The van der Waals surface area contributed by atoms with Crippen molar-refractivity contribution >= 4 is 19.5 Å². The molecule has 0 spiro atoms. The Morgan fingerprint density at radius 1 is 0.448 bits per heavy atom. The lowest BCUT2D eigenvalue weighted by molar-refractivity contribution is 0.598. The highest BCUT2D eigenvalue weighted by molar-refractivity contribution is 6.60. The topological polar surface area (TPSA) is 9.23 Å². The van der Waals surface area contributed by atoms with Crippen LogP contribution in [0, 0.1) is 0 Å². The summed E-state index contributed by atoms with van der Waals surface area (Å²) >= 11 is 0. The molecule has 4 radical (unpaired) electrons. The molecule has 4 aromatic rings. The van der Waals surface area contributed by atoms with Gasteiger partial charge < -0.3 is 4.12 Å². The molecular weight excluding hydrogens is 384 g/mol. The van der Waals surface area contributed by atoms with Crippen molar-refractivity contribution in [3.8, 4) is 0 Å². The molecule has 140 valence electrons. The molecule has 4 aromatic carbocycles. The second-order valence-corrected chi connectivity index (χ2v) is 9.79. The van der Waals surface area contributed by atoms with Gasteiger partial charge in [-0.05, 0) is 22.3 Å². The van der Waals surface area contributed by atoms with Gasteiger partial charge in [0.05, 0.1) is 0 Å². The molecule has 0 N–H and O–H groups in total. The Morgan fingerprint density at radius 2 is 0.690 bits per heavy atom. The van der Waals surface area contributed by atoms with E-state index in [4.69, 9.17) is 4.12 Å². The molecular formula is C26H22OSi2. The molecule has 0 saturated heterocycles. The monoisotopic (exact) mass is 406 g/mol. The Kier molecular flexibility index (Phi) is 6.52. The minimum absolute atomic E-state index is 0.172. The van der Waals surface area contributed by atoms with E-state index in [1.54, 1.807) is 0 Å². The fraction of sp³-hybridized carbons (Fsp3) is 0.0769. The van der Waals surface area contributed by atoms with E-state index in [-0.39, 0.29) is 11.1 Å². The molecule has 0 unspecified atom stereocenters. The molecule has 0 amide bonds. The normalized spacial score (nSPS) is 11.3. The summed E-state index contributed by atoms with van der Waals surface area (Å²) in [7, 11) is 2.05. The Hall–Kier alpha value is -2.73. The molecule has 0 atom stereocenters. The molecule has 0 aliphatic carbocycles. The summed E-state index contributed by atoms with van der Waals surface area (Å²) < 4.78 is 6.20. The first-order valence-electron chi connectivity index (χ1n) is 9.78. The van der Waals surface area contributed by atoms with Crippen molar-refractivity contribution in [1.29, 1.82) is 0 Å². The van der Waals surface area contributed by atoms with Crippen LogP contribution in [0.4, 0.5) is 0 Å². The van der Waals surface area contributed by atoms with Crippen LogP contribution in [0.25, 0.3) is 0 Å². The van der Waals surface area contributed by atoms with Crippen LogP contribution in [0.1, 0.15) is 33.3 Å². The summed E-state index contributed by atoms with van der Waals surface area (Å²) in [4.78, 5) is 0. The molecule has 0 aliphatic heterocycles. The number of benzene rings is 4. The summed E-state index contributed by atoms with van der Waals surface area (Å²) in [5.74, 6) is 0. The predicted octanol–water partition coefficient (Wildman–Crippen LogP) is 5.82. The first-order chi connectivity index (χ1) is 14.4. The van der Waals surface area contributed by atoms with Crippen molar-refractivity contribution in [2.75, 3.05) is 0 Å². The molecule has 0 fully saturated rings. The van der Waals surface area contributed by atoms with Crippen LogP contribution in [-0.2, 0) is 4.12 Å². The molecule has 29 heavy (non-hydrogen) atoms. The third kappa shape index (κ3) is 4.48. The minimum Gasteiger partial charge on any atom is -0.456 e. The van der Waals surface area contributed by atoms with Crippen LogP contribution in [0.2, 0.25) is 0 Å². The lowest BCUT2D eigenvalue weighted by Gasteiger charge is -2.32. The minimum atomic E-state index is -1.46. The molecule has 0 bridgehead atoms. The highest BCUT2D eigenvalue weighted by Crippen LogP contribution is 2.38. The van der Waals surface area contributed by atoms with Gasteiger partial charge in [-0.2, -0.15) is 0 Å². The van der Waals surface area contributed by atoms with E-state index in [2.05, 4.69) is 132 Å². The summed E-state index contributed by atoms with van der Waals surface area (Å²) in [6, 6.07) is 42.8. The molecule has 0 saturated carbocycles. The smallest absolute Gasteiger partial charge is 0.229 e. The van der Waals surface area contributed by atoms with Crippen LogP contribution in [-0.4, -0.2) is 19.5 Å². The lowest BCUT2D eigenvalue weighted by atomic mass is 10.0. The predicted molar refractivity (Wildman–Crippen MR) is 122 cm³/mol. The van der Waals surface area contributed by atoms with E-state index >= 15 is 0 Å².